The minimum absolute atomic E-state index is 0.117. The zero-order valence-corrected chi connectivity index (χ0v) is 8.41. The van der Waals surface area contributed by atoms with Gasteiger partial charge in [-0.1, -0.05) is 0 Å². The molecule has 0 heterocycles. The quantitative estimate of drug-likeness (QED) is 0.348. The molecule has 0 unspecified atom stereocenters. The Morgan fingerprint density at radius 3 is 2.86 bits per heavy atom. The van der Waals surface area contributed by atoms with E-state index in [1.165, 1.54) is 13.4 Å². The van der Waals surface area contributed by atoms with E-state index in [-0.39, 0.29) is 6.73 Å². The molecule has 0 bridgehead atoms. The van der Waals surface area contributed by atoms with Crippen LogP contribution in [0.5, 0.6) is 0 Å². The molecular formula is C8H16N2O4. The average Bonchev–Trinajstić information content (AvgIpc) is 2.21. The van der Waals surface area contributed by atoms with Crippen molar-refractivity contribution in [2.24, 2.45) is 0 Å². The van der Waals surface area contributed by atoms with Crippen LogP contribution in [0.15, 0.2) is 12.5 Å². The standard InChI is InChI=1S/C8H16N2O4/c1-9-3-4-13-5-6-14-7-10-8(11)12-2/h3-4,9H,5-7H2,1-2H3,(H,10,11)/b4-3+. The SMILES string of the molecule is CN/C=C/OCCOCNC(=O)OC. The van der Waals surface area contributed by atoms with Crippen LogP contribution in [0.3, 0.4) is 0 Å². The molecule has 0 aromatic heterocycles. The monoisotopic (exact) mass is 204 g/mol. The van der Waals surface area contributed by atoms with Gasteiger partial charge in [0.2, 0.25) is 0 Å². The summed E-state index contributed by atoms with van der Waals surface area (Å²) in [4.78, 5) is 10.5. The smallest absolute Gasteiger partial charge is 0.408 e. The Balaban J connectivity index is 3.06. The van der Waals surface area contributed by atoms with Crippen LogP contribution >= 0.6 is 0 Å². The lowest BCUT2D eigenvalue weighted by molar-refractivity contribution is 0.0697. The van der Waals surface area contributed by atoms with Gasteiger partial charge in [0, 0.05) is 13.2 Å². The number of ether oxygens (including phenoxy) is 3. The van der Waals surface area contributed by atoms with E-state index in [0.29, 0.717) is 13.2 Å². The molecule has 2 N–H and O–H groups in total. The van der Waals surface area contributed by atoms with Crippen LogP contribution < -0.4 is 10.6 Å². The molecule has 0 aromatic rings. The van der Waals surface area contributed by atoms with Gasteiger partial charge in [0.05, 0.1) is 20.0 Å². The van der Waals surface area contributed by atoms with Crippen molar-refractivity contribution in [1.82, 2.24) is 10.6 Å². The van der Waals surface area contributed by atoms with Gasteiger partial charge in [-0.15, -0.1) is 0 Å². The fourth-order valence-corrected chi connectivity index (χ4v) is 0.546. The summed E-state index contributed by atoms with van der Waals surface area (Å²) in [5.74, 6) is 0. The molecule has 0 aliphatic rings. The van der Waals surface area contributed by atoms with Crippen molar-refractivity contribution in [3.05, 3.63) is 12.5 Å². The molecule has 0 saturated carbocycles. The lowest BCUT2D eigenvalue weighted by Crippen LogP contribution is -2.26. The number of amides is 1. The third-order valence-electron chi connectivity index (χ3n) is 1.18. The minimum Gasteiger partial charge on any atom is -0.497 e. The van der Waals surface area contributed by atoms with Crippen molar-refractivity contribution in [2.75, 3.05) is 34.1 Å². The van der Waals surface area contributed by atoms with Gasteiger partial charge >= 0.3 is 6.09 Å². The topological polar surface area (TPSA) is 68.8 Å². The minimum atomic E-state index is -0.513. The van der Waals surface area contributed by atoms with Gasteiger partial charge in [-0.3, -0.25) is 5.32 Å². The molecule has 0 atom stereocenters. The second-order valence-electron chi connectivity index (χ2n) is 2.18. The molecule has 0 aliphatic carbocycles. The fraction of sp³-hybridized carbons (Fsp3) is 0.625. The van der Waals surface area contributed by atoms with Crippen molar-refractivity contribution in [2.45, 2.75) is 0 Å². The highest BCUT2D eigenvalue weighted by atomic mass is 16.6. The van der Waals surface area contributed by atoms with Crippen LogP contribution in [0.25, 0.3) is 0 Å². The van der Waals surface area contributed by atoms with Crippen molar-refractivity contribution >= 4 is 6.09 Å². The van der Waals surface area contributed by atoms with Crippen LogP contribution in [0.1, 0.15) is 0 Å². The van der Waals surface area contributed by atoms with E-state index in [9.17, 15) is 4.79 Å². The predicted octanol–water partition coefficient (Wildman–Crippen LogP) is 0.0237. The zero-order valence-electron chi connectivity index (χ0n) is 8.41. The molecular weight excluding hydrogens is 188 g/mol. The molecule has 0 spiro atoms. The Bertz CT molecular complexity index is 173. The number of methoxy groups -OCH3 is 1. The number of carbonyl (C=O) groups is 1. The lowest BCUT2D eigenvalue weighted by atomic mass is 10.8. The lowest BCUT2D eigenvalue weighted by Gasteiger charge is -2.04. The number of carbonyl (C=O) groups excluding carboxylic acids is 1. The Morgan fingerprint density at radius 2 is 2.21 bits per heavy atom. The maximum atomic E-state index is 10.5. The van der Waals surface area contributed by atoms with Gasteiger partial charge < -0.3 is 19.5 Å². The van der Waals surface area contributed by atoms with E-state index < -0.39 is 6.09 Å². The van der Waals surface area contributed by atoms with Crippen molar-refractivity contribution < 1.29 is 19.0 Å². The van der Waals surface area contributed by atoms with Crippen LogP contribution in [0.2, 0.25) is 0 Å². The molecule has 0 fully saturated rings. The van der Waals surface area contributed by atoms with Gasteiger partial charge in [-0.05, 0) is 0 Å². The highest BCUT2D eigenvalue weighted by Gasteiger charge is 1.95. The first kappa shape index (κ1) is 12.6. The molecule has 6 heteroatoms. The predicted molar refractivity (Wildman–Crippen MR) is 50.5 cm³/mol. The summed E-state index contributed by atoms with van der Waals surface area (Å²) in [6, 6.07) is 0. The number of hydrogen-bond acceptors (Lipinski definition) is 5. The molecule has 0 aromatic carbocycles. The molecule has 1 amide bonds. The molecule has 0 aliphatic heterocycles. The average molecular weight is 204 g/mol. The third-order valence-corrected chi connectivity index (χ3v) is 1.18. The number of alkyl carbamates (subject to hydrolysis) is 1. The fourth-order valence-electron chi connectivity index (χ4n) is 0.546. The van der Waals surface area contributed by atoms with E-state index in [4.69, 9.17) is 9.47 Å². The van der Waals surface area contributed by atoms with Gasteiger partial charge in [-0.2, -0.15) is 0 Å². The van der Waals surface area contributed by atoms with Crippen LogP contribution in [-0.2, 0) is 14.2 Å². The molecule has 0 saturated heterocycles. The van der Waals surface area contributed by atoms with Crippen LogP contribution in [0, 0.1) is 0 Å². The van der Waals surface area contributed by atoms with Gasteiger partial charge in [-0.25, -0.2) is 4.79 Å². The first-order valence-corrected chi connectivity index (χ1v) is 4.14. The Morgan fingerprint density at radius 1 is 1.43 bits per heavy atom. The second kappa shape index (κ2) is 9.66. The first-order valence-electron chi connectivity index (χ1n) is 4.14. The van der Waals surface area contributed by atoms with E-state index in [1.807, 2.05) is 0 Å². The third kappa shape index (κ3) is 8.66. The van der Waals surface area contributed by atoms with Crippen molar-refractivity contribution in [3.63, 3.8) is 0 Å². The van der Waals surface area contributed by atoms with Crippen LogP contribution in [0.4, 0.5) is 4.79 Å². The molecule has 0 radical (unpaired) electrons. The Hall–Kier alpha value is -1.43. The van der Waals surface area contributed by atoms with Crippen molar-refractivity contribution in [3.8, 4) is 0 Å². The van der Waals surface area contributed by atoms with Crippen LogP contribution in [-0.4, -0.2) is 40.2 Å². The summed E-state index contributed by atoms with van der Waals surface area (Å²) in [6.45, 7) is 0.949. The first-order chi connectivity index (χ1) is 6.81. The van der Waals surface area contributed by atoms with E-state index in [0.717, 1.165) is 0 Å². The van der Waals surface area contributed by atoms with Gasteiger partial charge in [0.15, 0.2) is 0 Å². The zero-order chi connectivity index (χ0) is 10.6. The Labute approximate surface area is 83.2 Å². The molecule has 0 rings (SSSR count). The maximum absolute atomic E-state index is 10.5. The Kier molecular flexibility index (Phi) is 8.67. The summed E-state index contributed by atoms with van der Waals surface area (Å²) in [5.41, 5.74) is 0. The molecule has 82 valence electrons. The highest BCUT2D eigenvalue weighted by molar-refractivity contribution is 5.66. The molecule has 14 heavy (non-hydrogen) atoms. The summed E-state index contributed by atoms with van der Waals surface area (Å²) < 4.78 is 14.3. The molecule has 6 nitrogen and oxygen atoms in total. The van der Waals surface area contributed by atoms with E-state index in [1.54, 1.807) is 13.2 Å². The van der Waals surface area contributed by atoms with Gasteiger partial charge in [0.1, 0.15) is 13.3 Å². The number of hydrogen-bond donors (Lipinski definition) is 2. The highest BCUT2D eigenvalue weighted by Crippen LogP contribution is 1.78. The maximum Gasteiger partial charge on any atom is 0.408 e. The van der Waals surface area contributed by atoms with Crippen molar-refractivity contribution in [1.29, 1.82) is 0 Å². The summed E-state index contributed by atoms with van der Waals surface area (Å²) >= 11 is 0. The van der Waals surface area contributed by atoms with E-state index >= 15 is 0 Å². The second-order valence-corrected chi connectivity index (χ2v) is 2.18. The van der Waals surface area contributed by atoms with E-state index in [2.05, 4.69) is 15.4 Å². The number of rotatable bonds is 7. The summed E-state index contributed by atoms with van der Waals surface area (Å²) in [7, 11) is 3.07. The largest absolute Gasteiger partial charge is 0.497 e. The normalized spacial score (nSPS) is 9.86. The number of nitrogens with one attached hydrogen (secondary N) is 2. The summed E-state index contributed by atoms with van der Waals surface area (Å²) in [5, 5.41) is 5.14. The van der Waals surface area contributed by atoms with Gasteiger partial charge in [0.25, 0.3) is 0 Å². The summed E-state index contributed by atoms with van der Waals surface area (Å²) in [6.07, 6.45) is 2.67.